The summed E-state index contributed by atoms with van der Waals surface area (Å²) < 4.78 is 1.01. The van der Waals surface area contributed by atoms with Crippen LogP contribution in [-0.2, 0) is 0 Å². The molecule has 0 fully saturated rings. The Labute approximate surface area is 99.9 Å². The minimum atomic E-state index is 1.01. The molecule has 0 aliphatic rings. The molecule has 0 saturated carbocycles. The van der Waals surface area contributed by atoms with E-state index in [9.17, 15) is 0 Å². The van der Waals surface area contributed by atoms with E-state index >= 15 is 0 Å². The Balaban J connectivity index is 2.71. The monoisotopic (exact) mass is 242 g/mol. The van der Waals surface area contributed by atoms with Crippen molar-refractivity contribution < 1.29 is 0 Å². The van der Waals surface area contributed by atoms with Crippen molar-refractivity contribution in [3.8, 4) is 0 Å². The molecule has 0 spiro atoms. The van der Waals surface area contributed by atoms with Crippen molar-refractivity contribution in [3.05, 3.63) is 29.3 Å². The molecule has 1 aromatic rings. The third-order valence-corrected chi connectivity index (χ3v) is 4.03. The molecule has 0 amide bonds. The highest BCUT2D eigenvalue weighted by molar-refractivity contribution is 8.47. The summed E-state index contributed by atoms with van der Waals surface area (Å²) in [5, 5.41) is 0. The Bertz CT molecular complexity index is 311. The molecule has 0 aliphatic heterocycles. The predicted molar refractivity (Wildman–Crippen MR) is 72.5 cm³/mol. The number of thioether (sulfide) groups is 2. The molecule has 0 N–H and O–H groups in total. The summed E-state index contributed by atoms with van der Waals surface area (Å²) in [5.41, 5.74) is 2.61. The maximum atomic E-state index is 5.25. The van der Waals surface area contributed by atoms with Crippen LogP contribution in [0.5, 0.6) is 0 Å². The van der Waals surface area contributed by atoms with Crippen molar-refractivity contribution in [2.75, 3.05) is 5.75 Å². The van der Waals surface area contributed by atoms with E-state index in [-0.39, 0.29) is 0 Å². The predicted octanol–water partition coefficient (Wildman–Crippen LogP) is 4.43. The van der Waals surface area contributed by atoms with E-state index in [1.54, 1.807) is 23.5 Å². The van der Waals surface area contributed by atoms with Gasteiger partial charge in [-0.15, -0.1) is 11.8 Å². The van der Waals surface area contributed by atoms with Crippen LogP contribution in [0.1, 0.15) is 18.1 Å². The van der Waals surface area contributed by atoms with Crippen molar-refractivity contribution in [2.45, 2.75) is 25.7 Å². The number of thiocarbonyl (C=S) groups is 1. The summed E-state index contributed by atoms with van der Waals surface area (Å²) in [7, 11) is 0. The largest absolute Gasteiger partial charge is 0.109 e. The van der Waals surface area contributed by atoms with Gasteiger partial charge in [0.1, 0.15) is 3.53 Å². The van der Waals surface area contributed by atoms with Crippen LogP contribution >= 0.6 is 35.7 Å². The summed E-state index contributed by atoms with van der Waals surface area (Å²) in [6.45, 7) is 6.36. The number of hydrogen-bond donors (Lipinski definition) is 0. The van der Waals surface area contributed by atoms with E-state index in [1.807, 2.05) is 0 Å². The van der Waals surface area contributed by atoms with E-state index in [0.717, 1.165) is 9.28 Å². The van der Waals surface area contributed by atoms with Crippen LogP contribution in [0.2, 0.25) is 0 Å². The van der Waals surface area contributed by atoms with Gasteiger partial charge in [-0.25, -0.2) is 0 Å². The fraction of sp³-hybridized carbons (Fsp3) is 0.364. The molecule has 0 nitrogen and oxygen atoms in total. The van der Waals surface area contributed by atoms with E-state index in [4.69, 9.17) is 12.2 Å². The second kappa shape index (κ2) is 5.79. The average Bonchev–Trinajstić information content (AvgIpc) is 2.01. The second-order valence-corrected chi connectivity index (χ2v) is 6.65. The van der Waals surface area contributed by atoms with Crippen molar-refractivity contribution in [2.24, 2.45) is 0 Å². The molecule has 1 rings (SSSR count). The minimum absolute atomic E-state index is 1.01. The molecular formula is C11H14S3. The number of rotatable bonds is 2. The maximum absolute atomic E-state index is 5.25. The Morgan fingerprint density at radius 1 is 1.21 bits per heavy atom. The molecule has 0 saturated heterocycles. The lowest BCUT2D eigenvalue weighted by Crippen LogP contribution is -1.84. The number of aryl methyl sites for hydroxylation is 2. The fourth-order valence-corrected chi connectivity index (χ4v) is 3.67. The highest BCUT2D eigenvalue weighted by Gasteiger charge is 2.01. The van der Waals surface area contributed by atoms with E-state index in [0.29, 0.717) is 0 Å². The van der Waals surface area contributed by atoms with Gasteiger partial charge in [-0.1, -0.05) is 37.0 Å². The van der Waals surface area contributed by atoms with Crippen LogP contribution in [0.4, 0.5) is 0 Å². The molecule has 0 radical (unpaired) electrons. The van der Waals surface area contributed by atoms with Crippen molar-refractivity contribution >= 4 is 39.3 Å². The Kier molecular flexibility index (Phi) is 4.99. The van der Waals surface area contributed by atoms with Gasteiger partial charge in [0.05, 0.1) is 0 Å². The van der Waals surface area contributed by atoms with Gasteiger partial charge in [0.25, 0.3) is 0 Å². The van der Waals surface area contributed by atoms with Gasteiger partial charge < -0.3 is 0 Å². The van der Waals surface area contributed by atoms with E-state index < -0.39 is 0 Å². The van der Waals surface area contributed by atoms with Gasteiger partial charge in [0.2, 0.25) is 0 Å². The quantitative estimate of drug-likeness (QED) is 0.556. The summed E-state index contributed by atoms with van der Waals surface area (Å²) >= 11 is 8.67. The fourth-order valence-electron chi connectivity index (χ4n) is 1.24. The first-order valence-electron chi connectivity index (χ1n) is 4.54. The highest BCUT2D eigenvalue weighted by atomic mass is 32.2. The second-order valence-electron chi connectivity index (χ2n) is 3.11. The molecule has 1 aromatic carbocycles. The van der Waals surface area contributed by atoms with Gasteiger partial charge >= 0.3 is 0 Å². The zero-order valence-electron chi connectivity index (χ0n) is 8.66. The molecule has 0 atom stereocenters. The van der Waals surface area contributed by atoms with Crippen molar-refractivity contribution in [3.63, 3.8) is 0 Å². The summed E-state index contributed by atoms with van der Waals surface area (Å²) in [6, 6.07) is 6.54. The molecule has 76 valence electrons. The lowest BCUT2D eigenvalue weighted by Gasteiger charge is -2.04. The van der Waals surface area contributed by atoms with Crippen LogP contribution in [0.25, 0.3) is 0 Å². The van der Waals surface area contributed by atoms with Crippen LogP contribution in [0.15, 0.2) is 23.1 Å². The average molecular weight is 242 g/mol. The van der Waals surface area contributed by atoms with Gasteiger partial charge in [-0.05, 0) is 42.9 Å². The third kappa shape index (κ3) is 4.03. The van der Waals surface area contributed by atoms with Crippen LogP contribution < -0.4 is 0 Å². The topological polar surface area (TPSA) is 0 Å². The standard InChI is InChI=1S/C11H14S3/c1-4-13-11(12)14-10-6-8(2)5-9(3)7-10/h5-7H,4H2,1-3H3. The zero-order chi connectivity index (χ0) is 10.6. The van der Waals surface area contributed by atoms with Gasteiger partial charge in [0.15, 0.2) is 0 Å². The lowest BCUT2D eigenvalue weighted by molar-refractivity contribution is 1.30. The SMILES string of the molecule is CCSC(=S)Sc1cc(C)cc(C)c1. The normalized spacial score (nSPS) is 10.2. The van der Waals surface area contributed by atoms with Crippen LogP contribution in [0, 0.1) is 13.8 Å². The van der Waals surface area contributed by atoms with Gasteiger partial charge in [-0.2, -0.15) is 0 Å². The first-order chi connectivity index (χ1) is 6.61. The molecule has 0 aromatic heterocycles. The smallest absolute Gasteiger partial charge is 0.108 e. The molecule has 0 aliphatic carbocycles. The molecule has 0 heterocycles. The summed E-state index contributed by atoms with van der Waals surface area (Å²) in [4.78, 5) is 1.26. The highest BCUT2D eigenvalue weighted by Crippen LogP contribution is 2.27. The Hall–Kier alpha value is 0.01000. The van der Waals surface area contributed by atoms with Gasteiger partial charge in [-0.3, -0.25) is 0 Å². The third-order valence-electron chi connectivity index (χ3n) is 1.66. The summed E-state index contributed by atoms with van der Waals surface area (Å²) in [6.07, 6.45) is 0. The molecule has 0 unspecified atom stereocenters. The van der Waals surface area contributed by atoms with E-state index in [1.165, 1.54) is 16.0 Å². The summed E-state index contributed by atoms with van der Waals surface area (Å²) in [5.74, 6) is 1.05. The van der Waals surface area contributed by atoms with Crippen LogP contribution in [0.3, 0.4) is 0 Å². The van der Waals surface area contributed by atoms with Crippen molar-refractivity contribution in [1.29, 1.82) is 0 Å². The Morgan fingerprint density at radius 2 is 1.79 bits per heavy atom. The number of benzene rings is 1. The molecular weight excluding hydrogens is 228 g/mol. The van der Waals surface area contributed by atoms with Crippen molar-refractivity contribution in [1.82, 2.24) is 0 Å². The molecule has 14 heavy (non-hydrogen) atoms. The maximum Gasteiger partial charge on any atom is 0.109 e. The first kappa shape index (κ1) is 12.1. The molecule has 3 heteroatoms. The minimum Gasteiger partial charge on any atom is -0.108 e. The Morgan fingerprint density at radius 3 is 2.29 bits per heavy atom. The van der Waals surface area contributed by atoms with Gasteiger partial charge in [0, 0.05) is 4.90 Å². The van der Waals surface area contributed by atoms with Crippen LogP contribution in [-0.4, -0.2) is 9.28 Å². The lowest BCUT2D eigenvalue weighted by atomic mass is 10.2. The number of hydrogen-bond acceptors (Lipinski definition) is 3. The zero-order valence-corrected chi connectivity index (χ0v) is 11.1. The first-order valence-corrected chi connectivity index (χ1v) is 6.75. The molecule has 0 bridgehead atoms. The van der Waals surface area contributed by atoms with E-state index in [2.05, 4.69) is 39.0 Å².